The van der Waals surface area contributed by atoms with Crippen molar-refractivity contribution in [3.8, 4) is 0 Å². The van der Waals surface area contributed by atoms with Crippen LogP contribution >= 0.6 is 11.6 Å². The summed E-state index contributed by atoms with van der Waals surface area (Å²) in [6.07, 6.45) is 6.08. The van der Waals surface area contributed by atoms with Crippen LogP contribution in [0.4, 0.5) is 5.69 Å². The van der Waals surface area contributed by atoms with E-state index in [1.807, 2.05) is 0 Å². The zero-order valence-corrected chi connectivity index (χ0v) is 13.6. The van der Waals surface area contributed by atoms with E-state index in [4.69, 9.17) is 17.3 Å². The SMILES string of the molecule is CC(C)Cn1ncc(N2CCCCC2CCN)c(Cl)c1=O. The van der Waals surface area contributed by atoms with Gasteiger partial charge in [-0.25, -0.2) is 4.68 Å². The first-order valence-electron chi connectivity index (χ1n) is 7.77. The molecule has 2 rings (SSSR count). The molecule has 6 heteroatoms. The summed E-state index contributed by atoms with van der Waals surface area (Å²) in [5.41, 5.74) is 6.27. The zero-order valence-electron chi connectivity index (χ0n) is 12.9. The first-order chi connectivity index (χ1) is 10.0. The molecule has 0 saturated carbocycles. The third-order valence-corrected chi connectivity index (χ3v) is 4.30. The lowest BCUT2D eigenvalue weighted by Crippen LogP contribution is -2.42. The fourth-order valence-corrected chi connectivity index (χ4v) is 3.20. The lowest BCUT2D eigenvalue weighted by Gasteiger charge is -2.37. The van der Waals surface area contributed by atoms with Gasteiger partial charge >= 0.3 is 0 Å². The van der Waals surface area contributed by atoms with Crippen LogP contribution in [0.2, 0.25) is 5.02 Å². The Bertz CT molecular complexity index is 527. The van der Waals surface area contributed by atoms with Crippen LogP contribution < -0.4 is 16.2 Å². The number of hydrogen-bond donors (Lipinski definition) is 1. The second kappa shape index (κ2) is 7.27. The van der Waals surface area contributed by atoms with Gasteiger partial charge in [-0.2, -0.15) is 5.10 Å². The van der Waals surface area contributed by atoms with Gasteiger partial charge in [-0.3, -0.25) is 4.79 Å². The second-order valence-electron chi connectivity index (χ2n) is 6.15. The van der Waals surface area contributed by atoms with E-state index in [2.05, 4.69) is 23.8 Å². The second-order valence-corrected chi connectivity index (χ2v) is 6.52. The number of nitrogens with zero attached hydrogens (tertiary/aromatic N) is 3. The molecule has 0 amide bonds. The van der Waals surface area contributed by atoms with Crippen molar-refractivity contribution in [3.05, 3.63) is 21.6 Å². The van der Waals surface area contributed by atoms with Gasteiger partial charge < -0.3 is 10.6 Å². The van der Waals surface area contributed by atoms with Crippen molar-refractivity contribution in [2.75, 3.05) is 18.0 Å². The van der Waals surface area contributed by atoms with Crippen LogP contribution in [0.25, 0.3) is 0 Å². The minimum Gasteiger partial charge on any atom is -0.366 e. The molecule has 0 radical (unpaired) electrons. The molecule has 1 fully saturated rings. The molecule has 0 aliphatic carbocycles. The largest absolute Gasteiger partial charge is 0.366 e. The van der Waals surface area contributed by atoms with Crippen molar-refractivity contribution < 1.29 is 0 Å². The predicted molar refractivity (Wildman–Crippen MR) is 87.0 cm³/mol. The van der Waals surface area contributed by atoms with E-state index in [9.17, 15) is 4.79 Å². The third kappa shape index (κ3) is 3.77. The summed E-state index contributed by atoms with van der Waals surface area (Å²) in [4.78, 5) is 14.6. The van der Waals surface area contributed by atoms with E-state index < -0.39 is 0 Å². The molecule has 0 aromatic carbocycles. The Morgan fingerprint density at radius 2 is 2.24 bits per heavy atom. The molecule has 1 unspecified atom stereocenters. The quantitative estimate of drug-likeness (QED) is 0.906. The average Bonchev–Trinajstić information content (AvgIpc) is 2.45. The van der Waals surface area contributed by atoms with Crippen LogP contribution in [0.15, 0.2) is 11.0 Å². The molecule has 21 heavy (non-hydrogen) atoms. The molecule has 1 aliphatic rings. The molecule has 0 spiro atoms. The molecule has 0 bridgehead atoms. The van der Waals surface area contributed by atoms with Crippen molar-refractivity contribution in [2.24, 2.45) is 11.7 Å². The first kappa shape index (κ1) is 16.3. The lowest BCUT2D eigenvalue weighted by molar-refractivity contribution is 0.436. The number of piperidine rings is 1. The van der Waals surface area contributed by atoms with Gasteiger partial charge in [0.2, 0.25) is 0 Å². The molecular weight excluding hydrogens is 288 g/mol. The maximum absolute atomic E-state index is 12.3. The van der Waals surface area contributed by atoms with Crippen molar-refractivity contribution in [1.82, 2.24) is 9.78 Å². The maximum atomic E-state index is 12.3. The van der Waals surface area contributed by atoms with Crippen molar-refractivity contribution in [1.29, 1.82) is 0 Å². The molecular formula is C15H25ClN4O. The highest BCUT2D eigenvalue weighted by molar-refractivity contribution is 6.33. The summed E-state index contributed by atoms with van der Waals surface area (Å²) in [7, 11) is 0. The monoisotopic (exact) mass is 312 g/mol. The van der Waals surface area contributed by atoms with Gasteiger partial charge in [-0.05, 0) is 38.1 Å². The Morgan fingerprint density at radius 1 is 1.48 bits per heavy atom. The average molecular weight is 313 g/mol. The van der Waals surface area contributed by atoms with E-state index in [0.717, 1.165) is 31.5 Å². The molecule has 1 saturated heterocycles. The van der Waals surface area contributed by atoms with Gasteiger partial charge in [-0.15, -0.1) is 0 Å². The van der Waals surface area contributed by atoms with Gasteiger partial charge in [0.15, 0.2) is 0 Å². The van der Waals surface area contributed by atoms with Crippen LogP contribution in [-0.2, 0) is 6.54 Å². The van der Waals surface area contributed by atoms with Gasteiger partial charge in [0.25, 0.3) is 5.56 Å². The Hall–Kier alpha value is -1.07. The summed E-state index contributed by atoms with van der Waals surface area (Å²) in [6.45, 7) is 6.26. The lowest BCUT2D eigenvalue weighted by atomic mass is 9.99. The van der Waals surface area contributed by atoms with Gasteiger partial charge in [-0.1, -0.05) is 25.4 Å². The number of hydrogen-bond acceptors (Lipinski definition) is 4. The molecule has 2 heterocycles. The van der Waals surface area contributed by atoms with Gasteiger partial charge in [0, 0.05) is 19.1 Å². The summed E-state index contributed by atoms with van der Waals surface area (Å²) < 4.78 is 1.46. The maximum Gasteiger partial charge on any atom is 0.287 e. The number of rotatable bonds is 5. The van der Waals surface area contributed by atoms with E-state index in [1.165, 1.54) is 11.1 Å². The molecule has 118 valence electrons. The van der Waals surface area contributed by atoms with E-state index in [-0.39, 0.29) is 10.6 Å². The number of aromatic nitrogens is 2. The molecule has 1 aliphatic heterocycles. The van der Waals surface area contributed by atoms with Crippen molar-refractivity contribution in [3.63, 3.8) is 0 Å². The van der Waals surface area contributed by atoms with E-state index in [1.54, 1.807) is 6.20 Å². The fourth-order valence-electron chi connectivity index (χ4n) is 2.94. The Labute approximate surface area is 131 Å². The standard InChI is InChI=1S/C15H25ClN4O/c1-11(2)10-20-15(21)14(16)13(9-18-20)19-8-4-3-5-12(19)6-7-17/h9,11-12H,3-8,10,17H2,1-2H3. The molecule has 1 atom stereocenters. The molecule has 1 aromatic heterocycles. The van der Waals surface area contributed by atoms with Crippen molar-refractivity contribution in [2.45, 2.75) is 52.1 Å². The summed E-state index contributed by atoms with van der Waals surface area (Å²) in [5, 5.41) is 4.58. The highest BCUT2D eigenvalue weighted by atomic mass is 35.5. The Morgan fingerprint density at radius 3 is 2.90 bits per heavy atom. The van der Waals surface area contributed by atoms with Crippen LogP contribution in [-0.4, -0.2) is 28.9 Å². The minimum atomic E-state index is -0.195. The van der Waals surface area contributed by atoms with Crippen LogP contribution in [0.5, 0.6) is 0 Å². The molecule has 1 aromatic rings. The smallest absolute Gasteiger partial charge is 0.287 e. The molecule has 2 N–H and O–H groups in total. The first-order valence-corrected chi connectivity index (χ1v) is 8.14. The van der Waals surface area contributed by atoms with Gasteiger partial charge in [0.05, 0.1) is 11.9 Å². The predicted octanol–water partition coefficient (Wildman–Crippen LogP) is 2.26. The Balaban J connectivity index is 2.30. The Kier molecular flexibility index (Phi) is 5.65. The van der Waals surface area contributed by atoms with Crippen molar-refractivity contribution >= 4 is 17.3 Å². The number of halogens is 1. The van der Waals surface area contributed by atoms with E-state index >= 15 is 0 Å². The highest BCUT2D eigenvalue weighted by Crippen LogP contribution is 2.29. The highest BCUT2D eigenvalue weighted by Gasteiger charge is 2.25. The van der Waals surface area contributed by atoms with E-state index in [0.29, 0.717) is 25.0 Å². The third-order valence-electron chi connectivity index (χ3n) is 3.94. The normalized spacial score (nSPS) is 19.3. The summed E-state index contributed by atoms with van der Waals surface area (Å²) in [6, 6.07) is 0.364. The number of nitrogens with two attached hydrogens (primary N) is 1. The summed E-state index contributed by atoms with van der Waals surface area (Å²) >= 11 is 6.33. The summed E-state index contributed by atoms with van der Waals surface area (Å²) in [5.74, 6) is 0.358. The van der Waals surface area contributed by atoms with Gasteiger partial charge in [0.1, 0.15) is 5.02 Å². The van der Waals surface area contributed by atoms with Crippen LogP contribution in [0.1, 0.15) is 39.5 Å². The topological polar surface area (TPSA) is 64.2 Å². The van der Waals surface area contributed by atoms with Crippen LogP contribution in [0, 0.1) is 5.92 Å². The minimum absolute atomic E-state index is 0.195. The fraction of sp³-hybridized carbons (Fsp3) is 0.733. The number of anilines is 1. The van der Waals surface area contributed by atoms with Crippen LogP contribution in [0.3, 0.4) is 0 Å². The zero-order chi connectivity index (χ0) is 15.4. The molecule has 5 nitrogen and oxygen atoms in total.